The minimum Gasteiger partial charge on any atom is -0.433 e. The van der Waals surface area contributed by atoms with E-state index in [1.54, 1.807) is 0 Å². The van der Waals surface area contributed by atoms with Gasteiger partial charge in [0, 0.05) is 12.6 Å². The smallest absolute Gasteiger partial charge is 0.387 e. The minimum absolute atomic E-state index is 0. The Morgan fingerprint density at radius 1 is 1.41 bits per heavy atom. The molecular weight excluding hydrogens is 361 g/mol. The standard InChI is InChI=1S/C12H15ClF2N2O3S.ClH/c13-10-6-9(3-4-11(10)20-12(14)15)21(18,19)17-8-2-1-5-16-7-8;/h3-4,6,8,12,16-17H,1-2,5,7H2;1H/t8-;/m1./s1. The van der Waals surface area contributed by atoms with Gasteiger partial charge in [-0.15, -0.1) is 12.4 Å². The molecule has 0 aliphatic carbocycles. The molecule has 126 valence electrons. The SMILES string of the molecule is Cl.O=S(=O)(N[C@@H]1CCCNC1)c1ccc(OC(F)F)c(Cl)c1. The molecular formula is C12H16Cl2F2N2O3S. The van der Waals surface area contributed by atoms with Crippen LogP contribution in [0.4, 0.5) is 8.78 Å². The van der Waals surface area contributed by atoms with Crippen molar-refractivity contribution in [2.75, 3.05) is 13.1 Å². The molecule has 1 saturated heterocycles. The van der Waals surface area contributed by atoms with E-state index >= 15 is 0 Å². The lowest BCUT2D eigenvalue weighted by molar-refractivity contribution is -0.0498. The molecule has 0 bridgehead atoms. The lowest BCUT2D eigenvalue weighted by Crippen LogP contribution is -2.45. The fourth-order valence-corrected chi connectivity index (χ4v) is 3.67. The normalized spacial score (nSPS) is 18.8. The highest BCUT2D eigenvalue weighted by molar-refractivity contribution is 7.89. The van der Waals surface area contributed by atoms with E-state index in [-0.39, 0.29) is 34.1 Å². The summed E-state index contributed by atoms with van der Waals surface area (Å²) in [5.41, 5.74) is 0. The van der Waals surface area contributed by atoms with Gasteiger partial charge in [0.1, 0.15) is 5.75 Å². The quantitative estimate of drug-likeness (QED) is 0.827. The van der Waals surface area contributed by atoms with Gasteiger partial charge in [-0.2, -0.15) is 8.78 Å². The minimum atomic E-state index is -3.75. The molecule has 1 aliphatic rings. The van der Waals surface area contributed by atoms with Crippen LogP contribution in [0, 0.1) is 0 Å². The average molecular weight is 377 g/mol. The maximum absolute atomic E-state index is 12.2. The molecule has 5 nitrogen and oxygen atoms in total. The van der Waals surface area contributed by atoms with Crippen LogP contribution in [-0.4, -0.2) is 34.2 Å². The van der Waals surface area contributed by atoms with Crippen molar-refractivity contribution in [1.29, 1.82) is 0 Å². The molecule has 0 amide bonds. The third-order valence-corrected chi connectivity index (χ3v) is 4.86. The molecule has 0 spiro atoms. The molecule has 0 unspecified atom stereocenters. The van der Waals surface area contributed by atoms with Gasteiger partial charge in [0.2, 0.25) is 10.0 Å². The average Bonchev–Trinajstić information content (AvgIpc) is 2.41. The topological polar surface area (TPSA) is 67.4 Å². The number of sulfonamides is 1. The number of rotatable bonds is 5. The first-order valence-corrected chi connectivity index (χ1v) is 8.22. The fourth-order valence-electron chi connectivity index (χ4n) is 2.08. The second-order valence-corrected chi connectivity index (χ2v) is 6.76. The first-order chi connectivity index (χ1) is 9.88. The molecule has 22 heavy (non-hydrogen) atoms. The number of nitrogens with one attached hydrogen (secondary N) is 2. The number of hydrogen-bond donors (Lipinski definition) is 2. The van der Waals surface area contributed by atoms with Crippen molar-refractivity contribution in [3.63, 3.8) is 0 Å². The first kappa shape index (κ1) is 19.4. The van der Waals surface area contributed by atoms with Gasteiger partial charge < -0.3 is 10.1 Å². The van der Waals surface area contributed by atoms with Gasteiger partial charge in [0.15, 0.2) is 0 Å². The Labute approximate surface area is 138 Å². The van der Waals surface area contributed by atoms with Crippen molar-refractivity contribution < 1.29 is 21.9 Å². The van der Waals surface area contributed by atoms with Gasteiger partial charge in [0.05, 0.1) is 9.92 Å². The highest BCUT2D eigenvalue weighted by Crippen LogP contribution is 2.28. The summed E-state index contributed by atoms with van der Waals surface area (Å²) in [5, 5.41) is 2.91. The Kier molecular flexibility index (Phi) is 7.27. The van der Waals surface area contributed by atoms with Gasteiger partial charge in [-0.25, -0.2) is 13.1 Å². The molecule has 0 radical (unpaired) electrons. The highest BCUT2D eigenvalue weighted by Gasteiger charge is 2.22. The Morgan fingerprint density at radius 2 is 2.14 bits per heavy atom. The number of ether oxygens (including phenoxy) is 1. The lowest BCUT2D eigenvalue weighted by atomic mass is 10.1. The first-order valence-electron chi connectivity index (χ1n) is 6.36. The number of alkyl halides is 2. The van der Waals surface area contributed by atoms with Crippen molar-refractivity contribution in [1.82, 2.24) is 10.0 Å². The summed E-state index contributed by atoms with van der Waals surface area (Å²) in [4.78, 5) is -0.0836. The molecule has 1 heterocycles. The van der Waals surface area contributed by atoms with Crippen LogP contribution in [0.25, 0.3) is 0 Å². The van der Waals surface area contributed by atoms with E-state index in [2.05, 4.69) is 14.8 Å². The van der Waals surface area contributed by atoms with E-state index in [0.29, 0.717) is 6.54 Å². The second kappa shape index (κ2) is 8.26. The summed E-state index contributed by atoms with van der Waals surface area (Å²) in [6, 6.07) is 3.20. The van der Waals surface area contributed by atoms with Crippen LogP contribution in [0.3, 0.4) is 0 Å². The van der Waals surface area contributed by atoms with E-state index in [1.807, 2.05) is 0 Å². The number of benzene rings is 1. The van der Waals surface area contributed by atoms with Gasteiger partial charge in [-0.1, -0.05) is 11.6 Å². The van der Waals surface area contributed by atoms with Crippen LogP contribution in [-0.2, 0) is 10.0 Å². The third kappa shape index (κ3) is 5.20. The molecule has 1 aromatic carbocycles. The van der Waals surface area contributed by atoms with E-state index in [4.69, 9.17) is 11.6 Å². The van der Waals surface area contributed by atoms with Crippen molar-refractivity contribution in [3.8, 4) is 5.75 Å². The van der Waals surface area contributed by atoms with Gasteiger partial charge >= 0.3 is 6.61 Å². The maximum atomic E-state index is 12.2. The van der Waals surface area contributed by atoms with E-state index in [0.717, 1.165) is 31.5 Å². The van der Waals surface area contributed by atoms with Crippen LogP contribution >= 0.6 is 24.0 Å². The van der Waals surface area contributed by atoms with Crippen LogP contribution in [0.2, 0.25) is 5.02 Å². The summed E-state index contributed by atoms with van der Waals surface area (Å²) >= 11 is 5.76. The molecule has 1 aromatic rings. The molecule has 0 saturated carbocycles. The Balaban J connectivity index is 0.00000242. The predicted octanol–water partition coefficient (Wildman–Crippen LogP) is 2.39. The Bertz CT molecular complexity index is 596. The van der Waals surface area contributed by atoms with Gasteiger partial charge in [0.25, 0.3) is 0 Å². The van der Waals surface area contributed by atoms with Crippen LogP contribution < -0.4 is 14.8 Å². The zero-order valence-electron chi connectivity index (χ0n) is 11.4. The highest BCUT2D eigenvalue weighted by atomic mass is 35.5. The van der Waals surface area contributed by atoms with Crippen molar-refractivity contribution in [2.45, 2.75) is 30.4 Å². The maximum Gasteiger partial charge on any atom is 0.387 e. The van der Waals surface area contributed by atoms with E-state index in [1.165, 1.54) is 6.07 Å². The molecule has 10 heteroatoms. The van der Waals surface area contributed by atoms with Crippen LogP contribution in [0.1, 0.15) is 12.8 Å². The molecule has 2 rings (SSSR count). The molecule has 0 aromatic heterocycles. The second-order valence-electron chi connectivity index (χ2n) is 4.64. The lowest BCUT2D eigenvalue weighted by Gasteiger charge is -2.23. The van der Waals surface area contributed by atoms with Crippen molar-refractivity contribution >= 4 is 34.0 Å². The number of piperidine rings is 1. The summed E-state index contributed by atoms with van der Waals surface area (Å²) in [7, 11) is -3.75. The van der Waals surface area contributed by atoms with Gasteiger partial charge in [-0.05, 0) is 37.6 Å². The van der Waals surface area contributed by atoms with Gasteiger partial charge in [-0.3, -0.25) is 0 Å². The fraction of sp³-hybridized carbons (Fsp3) is 0.500. The number of hydrogen-bond acceptors (Lipinski definition) is 4. The van der Waals surface area contributed by atoms with Crippen molar-refractivity contribution in [3.05, 3.63) is 23.2 Å². The summed E-state index contributed by atoms with van der Waals surface area (Å²) in [6.07, 6.45) is 1.63. The van der Waals surface area contributed by atoms with E-state index < -0.39 is 16.6 Å². The van der Waals surface area contributed by atoms with Crippen molar-refractivity contribution in [2.24, 2.45) is 0 Å². The van der Waals surface area contributed by atoms with Crippen LogP contribution in [0.5, 0.6) is 5.75 Å². The molecule has 1 fully saturated rings. The summed E-state index contributed by atoms with van der Waals surface area (Å²) in [5.74, 6) is -0.259. The Hall–Kier alpha value is -0.670. The number of halogens is 4. The van der Waals surface area contributed by atoms with Crippen LogP contribution in [0.15, 0.2) is 23.1 Å². The predicted molar refractivity (Wildman–Crippen MR) is 81.5 cm³/mol. The molecule has 2 N–H and O–H groups in total. The summed E-state index contributed by atoms with van der Waals surface area (Å²) < 4.78 is 55.4. The molecule has 1 atom stereocenters. The monoisotopic (exact) mass is 376 g/mol. The Morgan fingerprint density at radius 3 is 2.68 bits per heavy atom. The third-order valence-electron chi connectivity index (χ3n) is 3.05. The zero-order valence-corrected chi connectivity index (χ0v) is 13.8. The largest absolute Gasteiger partial charge is 0.433 e. The van der Waals surface area contributed by atoms with E-state index in [9.17, 15) is 17.2 Å². The summed E-state index contributed by atoms with van der Waals surface area (Å²) in [6.45, 7) is -1.60. The molecule has 1 aliphatic heterocycles. The zero-order chi connectivity index (χ0) is 15.5.